The summed E-state index contributed by atoms with van der Waals surface area (Å²) in [7, 11) is -2.49. The molecule has 6 rings (SSSR count). The Morgan fingerprint density at radius 3 is 1.54 bits per heavy atom. The molecule has 0 atom stereocenters. The molecule has 0 unspecified atom stereocenters. The second-order valence-electron chi connectivity index (χ2n) is 17.7. The summed E-state index contributed by atoms with van der Waals surface area (Å²) in [5.74, 6) is 0. The molecule has 0 bridgehead atoms. The molecule has 4 heterocycles. The van der Waals surface area contributed by atoms with Crippen molar-refractivity contribution in [3.8, 4) is 0 Å². The number of alkyl halides is 1. The number of benzene rings is 2. The predicted molar refractivity (Wildman–Crippen MR) is 266 cm³/mol. The van der Waals surface area contributed by atoms with E-state index in [2.05, 4.69) is 77.1 Å². The maximum atomic E-state index is 13.3. The lowest BCUT2D eigenvalue weighted by Crippen LogP contribution is -2.41. The zero-order valence-corrected chi connectivity index (χ0v) is 43.0. The average Bonchev–Trinajstić information content (AvgIpc) is 3.73. The van der Waals surface area contributed by atoms with Crippen molar-refractivity contribution in [1.82, 2.24) is 37.8 Å². The molecule has 0 amide bonds. The Bertz CT molecular complexity index is 2610. The summed E-state index contributed by atoms with van der Waals surface area (Å²) >= 11 is 16.0. The fourth-order valence-corrected chi connectivity index (χ4v) is 8.70. The van der Waals surface area contributed by atoms with E-state index in [-0.39, 0.29) is 46.4 Å². The van der Waals surface area contributed by atoms with Crippen molar-refractivity contribution in [2.24, 2.45) is 0 Å². The van der Waals surface area contributed by atoms with Crippen molar-refractivity contribution >= 4 is 77.6 Å². The molecule has 0 saturated carbocycles. The van der Waals surface area contributed by atoms with Gasteiger partial charge in [0.25, 0.3) is 11.1 Å². The first-order chi connectivity index (χ1) is 29.9. The Morgan fingerprint density at radius 2 is 1.10 bits per heavy atom. The molecule has 0 spiro atoms. The molecule has 19 heteroatoms. The molecule has 0 aliphatic heterocycles. The number of fused-ring (bicyclic) bond motifs is 2. The average molecular weight is 1010 g/mol. The highest BCUT2D eigenvalue weighted by atomic mass is 79.9. The topological polar surface area (TPSA) is 153 Å². The van der Waals surface area contributed by atoms with E-state index >= 15 is 0 Å². The molecular formula is C44H63BrCl2N8O6Si2. The zero-order valence-electron chi connectivity index (χ0n) is 37.9. The molecule has 0 radical (unpaired) electrons. The number of hydrogen-bond donors (Lipinski definition) is 1. The maximum absolute atomic E-state index is 13.3. The SMILES string of the molecule is CCCCBr.CCCCn1c(=O)c2c(nc(Cl)n2Cc2ccccc2)n(COCC[Si](C)(C)C)c1=O.C[Si](C)(C)CCOCn1c(=O)[nH]c(=O)c2c1nc(Cl)n2Cc1ccccc1. The minimum atomic E-state index is -1.26. The normalized spacial score (nSPS) is 11.7. The van der Waals surface area contributed by atoms with Crippen LogP contribution in [0.2, 0.25) is 61.9 Å². The van der Waals surface area contributed by atoms with Gasteiger partial charge in [-0.2, -0.15) is 9.97 Å². The van der Waals surface area contributed by atoms with Crippen LogP contribution in [0.15, 0.2) is 79.8 Å². The first-order valence-corrected chi connectivity index (χ1v) is 30.8. The van der Waals surface area contributed by atoms with Gasteiger partial charge in [-0.1, -0.05) is 143 Å². The molecule has 2 aromatic carbocycles. The Morgan fingerprint density at radius 1 is 0.635 bits per heavy atom. The molecule has 4 aromatic heterocycles. The van der Waals surface area contributed by atoms with E-state index in [0.29, 0.717) is 38.4 Å². The number of imidazole rings is 2. The maximum Gasteiger partial charge on any atom is 0.334 e. The first kappa shape index (κ1) is 51.8. The van der Waals surface area contributed by atoms with Crippen LogP contribution < -0.4 is 22.5 Å². The van der Waals surface area contributed by atoms with Crippen molar-refractivity contribution in [3.63, 3.8) is 0 Å². The van der Waals surface area contributed by atoms with E-state index in [1.807, 2.05) is 67.6 Å². The lowest BCUT2D eigenvalue weighted by molar-refractivity contribution is 0.0854. The Hall–Kier alpha value is -3.85. The molecule has 63 heavy (non-hydrogen) atoms. The van der Waals surface area contributed by atoms with Crippen molar-refractivity contribution in [2.45, 2.75) is 124 Å². The summed E-state index contributed by atoms with van der Waals surface area (Å²) in [6, 6.07) is 21.3. The van der Waals surface area contributed by atoms with Crippen LogP contribution in [0.25, 0.3) is 22.3 Å². The summed E-state index contributed by atoms with van der Waals surface area (Å²) < 4.78 is 18.8. The number of aromatic nitrogens is 8. The first-order valence-electron chi connectivity index (χ1n) is 21.5. The number of nitrogens with zero attached hydrogens (tertiary/aromatic N) is 7. The number of rotatable bonds is 19. The van der Waals surface area contributed by atoms with E-state index in [1.54, 1.807) is 9.13 Å². The summed E-state index contributed by atoms with van der Waals surface area (Å²) in [6.07, 6.45) is 4.21. The van der Waals surface area contributed by atoms with Gasteiger partial charge in [0.05, 0.1) is 13.1 Å². The Labute approximate surface area is 389 Å². The Kier molecular flexibility index (Phi) is 20.1. The lowest BCUT2D eigenvalue weighted by atomic mass is 10.2. The highest BCUT2D eigenvalue weighted by Crippen LogP contribution is 2.20. The number of halogens is 3. The number of nitrogens with one attached hydrogen (secondary N) is 1. The standard InChI is InChI=1S/C22H31ClN4O3Si.C18H23ClN4O3Si.C4H9Br/c1-5-6-12-25-20(28)18-19(27(22(25)29)16-30-13-14-31(2,3)4)24-21(23)26(18)15-17-10-8-7-9-11-17;1-27(2,3)10-9-26-12-23-15-14(16(24)21-18(23)25)22(17(19)20-15)11-13-7-5-4-6-8-13;1-2-3-4-5/h7-11H,5-6,12-16H2,1-4H3;4-8H,9-12H2,1-3H3,(H,21,24,25);2-4H2,1H3. The predicted octanol–water partition coefficient (Wildman–Crippen LogP) is 9.26. The largest absolute Gasteiger partial charge is 0.361 e. The quantitative estimate of drug-likeness (QED) is 0.0365. The zero-order chi connectivity index (χ0) is 46.3. The van der Waals surface area contributed by atoms with E-state index in [1.165, 1.54) is 26.5 Å². The smallest absolute Gasteiger partial charge is 0.334 e. The van der Waals surface area contributed by atoms with Crippen molar-refractivity contribution in [3.05, 3.63) is 124 Å². The monoisotopic (exact) mass is 1000 g/mol. The van der Waals surface area contributed by atoms with Gasteiger partial charge >= 0.3 is 11.4 Å². The van der Waals surface area contributed by atoms with Gasteiger partial charge in [-0.15, -0.1) is 0 Å². The van der Waals surface area contributed by atoms with E-state index in [4.69, 9.17) is 32.7 Å². The summed E-state index contributed by atoms with van der Waals surface area (Å²) in [6.45, 7) is 20.1. The minimum Gasteiger partial charge on any atom is -0.361 e. The van der Waals surface area contributed by atoms with Crippen LogP contribution in [0.4, 0.5) is 0 Å². The molecule has 0 aliphatic rings. The molecule has 0 saturated heterocycles. The van der Waals surface area contributed by atoms with Crippen molar-refractivity contribution < 1.29 is 9.47 Å². The van der Waals surface area contributed by atoms with Gasteiger partial charge in [0.15, 0.2) is 22.3 Å². The van der Waals surface area contributed by atoms with E-state index in [0.717, 1.165) is 41.4 Å². The summed E-state index contributed by atoms with van der Waals surface area (Å²) in [5.41, 5.74) is 1.24. The molecule has 0 aliphatic carbocycles. The van der Waals surface area contributed by atoms with Gasteiger partial charge < -0.3 is 18.6 Å². The van der Waals surface area contributed by atoms with Crippen molar-refractivity contribution in [2.75, 3.05) is 18.5 Å². The van der Waals surface area contributed by atoms with Crippen LogP contribution in [0, 0.1) is 0 Å². The molecule has 0 fully saturated rings. The fraction of sp³-hybridized carbons (Fsp3) is 0.500. The van der Waals surface area contributed by atoms with Crippen LogP contribution >= 0.6 is 39.1 Å². The highest BCUT2D eigenvalue weighted by Gasteiger charge is 2.22. The molecule has 344 valence electrons. The Balaban J connectivity index is 0.000000252. The molecule has 1 N–H and O–H groups in total. The third-order valence-electron chi connectivity index (χ3n) is 9.93. The van der Waals surface area contributed by atoms with Gasteiger partial charge in [-0.3, -0.25) is 28.3 Å². The number of unbranched alkanes of at least 4 members (excludes halogenated alkanes) is 2. The van der Waals surface area contributed by atoms with E-state index in [9.17, 15) is 19.2 Å². The number of hydrogen-bond acceptors (Lipinski definition) is 8. The molecule has 6 aromatic rings. The third-order valence-corrected chi connectivity index (χ3v) is 14.5. The lowest BCUT2D eigenvalue weighted by Gasteiger charge is -2.16. The van der Waals surface area contributed by atoms with Crippen LogP contribution in [0.1, 0.15) is 50.7 Å². The molecule has 14 nitrogen and oxygen atoms in total. The third kappa shape index (κ3) is 15.1. The minimum absolute atomic E-state index is 0.0231. The fourth-order valence-electron chi connectivity index (χ4n) is 6.18. The van der Waals surface area contributed by atoms with Crippen LogP contribution in [0.5, 0.6) is 0 Å². The number of H-pyrrole nitrogens is 1. The van der Waals surface area contributed by atoms with Crippen LogP contribution in [-0.4, -0.2) is 72.5 Å². The van der Waals surface area contributed by atoms with Gasteiger partial charge in [0.2, 0.25) is 10.6 Å². The van der Waals surface area contributed by atoms with E-state index < -0.39 is 33.1 Å². The summed E-state index contributed by atoms with van der Waals surface area (Å²) in [4.78, 5) is 62.1. The van der Waals surface area contributed by atoms with Crippen molar-refractivity contribution in [1.29, 1.82) is 0 Å². The van der Waals surface area contributed by atoms with Crippen LogP contribution in [-0.2, 0) is 42.6 Å². The van der Waals surface area contributed by atoms with Gasteiger partial charge in [0.1, 0.15) is 13.5 Å². The van der Waals surface area contributed by atoms with Crippen LogP contribution in [0.3, 0.4) is 0 Å². The summed E-state index contributed by atoms with van der Waals surface area (Å²) in [5, 5.41) is 1.49. The molecular weight excluding hydrogens is 944 g/mol. The number of aromatic amines is 1. The highest BCUT2D eigenvalue weighted by molar-refractivity contribution is 9.09. The second kappa shape index (κ2) is 24.4. The van der Waals surface area contributed by atoms with Gasteiger partial charge in [0, 0.05) is 41.2 Å². The van der Waals surface area contributed by atoms with Gasteiger partial charge in [-0.25, -0.2) is 9.59 Å². The van der Waals surface area contributed by atoms with Gasteiger partial charge in [-0.05, 0) is 59.3 Å². The second-order valence-corrected chi connectivity index (χ2v) is 30.4. The number of ether oxygens (including phenoxy) is 2.